The summed E-state index contributed by atoms with van der Waals surface area (Å²) in [4.78, 5) is 14.1. The molecule has 0 aromatic rings. The fraction of sp³-hybridized carbons (Fsp3) is 0.917. The van der Waals surface area contributed by atoms with Gasteiger partial charge in [0.2, 0.25) is 5.91 Å². The van der Waals surface area contributed by atoms with Crippen LogP contribution in [0.25, 0.3) is 0 Å². The smallest absolute Gasteiger partial charge is 0.240 e. The van der Waals surface area contributed by atoms with Crippen LogP contribution in [0.2, 0.25) is 0 Å². The molecule has 2 rings (SSSR count). The van der Waals surface area contributed by atoms with Crippen LogP contribution in [-0.4, -0.2) is 49.7 Å². The summed E-state index contributed by atoms with van der Waals surface area (Å²) in [5.41, 5.74) is 0. The summed E-state index contributed by atoms with van der Waals surface area (Å²) in [6.07, 6.45) is 3.13. The van der Waals surface area contributed by atoms with E-state index in [2.05, 4.69) is 17.1 Å². The SMILES string of the molecule is CNC1CCN(C(C)C2CCOCC2)C1=O. The highest BCUT2D eigenvalue weighted by Crippen LogP contribution is 2.25. The molecule has 2 fully saturated rings. The van der Waals surface area contributed by atoms with E-state index in [-0.39, 0.29) is 11.9 Å². The number of likely N-dealkylation sites (tertiary alicyclic amines) is 1. The zero-order chi connectivity index (χ0) is 11.5. The Hall–Kier alpha value is -0.610. The van der Waals surface area contributed by atoms with Crippen LogP contribution in [0.5, 0.6) is 0 Å². The molecule has 2 unspecified atom stereocenters. The van der Waals surface area contributed by atoms with E-state index in [0.717, 1.165) is 39.0 Å². The third-order valence-electron chi connectivity index (χ3n) is 4.03. The van der Waals surface area contributed by atoms with Crippen molar-refractivity contribution in [1.29, 1.82) is 0 Å². The van der Waals surface area contributed by atoms with Crippen LogP contribution >= 0.6 is 0 Å². The van der Waals surface area contributed by atoms with Gasteiger partial charge in [-0.05, 0) is 39.2 Å². The van der Waals surface area contributed by atoms with Crippen LogP contribution in [0.3, 0.4) is 0 Å². The van der Waals surface area contributed by atoms with Gasteiger partial charge in [-0.2, -0.15) is 0 Å². The number of amides is 1. The number of carbonyl (C=O) groups is 1. The summed E-state index contributed by atoms with van der Waals surface area (Å²) in [5, 5.41) is 3.09. The van der Waals surface area contributed by atoms with Crippen molar-refractivity contribution >= 4 is 5.91 Å². The van der Waals surface area contributed by atoms with Gasteiger partial charge in [0.05, 0.1) is 6.04 Å². The molecule has 0 spiro atoms. The van der Waals surface area contributed by atoms with Crippen molar-refractivity contribution < 1.29 is 9.53 Å². The summed E-state index contributed by atoms with van der Waals surface area (Å²) >= 11 is 0. The molecule has 0 aliphatic carbocycles. The minimum Gasteiger partial charge on any atom is -0.381 e. The number of nitrogens with zero attached hydrogens (tertiary/aromatic N) is 1. The van der Waals surface area contributed by atoms with Crippen molar-refractivity contribution in [2.75, 3.05) is 26.8 Å². The molecule has 92 valence electrons. The number of rotatable bonds is 3. The van der Waals surface area contributed by atoms with Crippen molar-refractivity contribution in [3.63, 3.8) is 0 Å². The summed E-state index contributed by atoms with van der Waals surface area (Å²) < 4.78 is 5.37. The van der Waals surface area contributed by atoms with E-state index < -0.39 is 0 Å². The first-order chi connectivity index (χ1) is 7.74. The van der Waals surface area contributed by atoms with Crippen LogP contribution in [0, 0.1) is 5.92 Å². The highest BCUT2D eigenvalue weighted by Gasteiger charge is 2.36. The molecule has 2 atom stereocenters. The maximum absolute atomic E-state index is 12.1. The Labute approximate surface area is 97.3 Å². The molecule has 4 heteroatoms. The van der Waals surface area contributed by atoms with E-state index in [9.17, 15) is 4.79 Å². The molecule has 0 saturated carbocycles. The number of hydrogen-bond donors (Lipinski definition) is 1. The third-order valence-corrected chi connectivity index (χ3v) is 4.03. The topological polar surface area (TPSA) is 41.6 Å². The van der Waals surface area contributed by atoms with E-state index in [0.29, 0.717) is 12.0 Å². The van der Waals surface area contributed by atoms with Gasteiger partial charge in [0.25, 0.3) is 0 Å². The van der Waals surface area contributed by atoms with Gasteiger partial charge in [-0.3, -0.25) is 4.79 Å². The summed E-state index contributed by atoms with van der Waals surface area (Å²) in [7, 11) is 1.87. The lowest BCUT2D eigenvalue weighted by Gasteiger charge is -2.34. The zero-order valence-corrected chi connectivity index (χ0v) is 10.2. The second-order valence-corrected chi connectivity index (χ2v) is 4.85. The maximum atomic E-state index is 12.1. The first-order valence-corrected chi connectivity index (χ1v) is 6.29. The number of ether oxygens (including phenoxy) is 1. The number of carbonyl (C=O) groups excluding carboxylic acids is 1. The largest absolute Gasteiger partial charge is 0.381 e. The van der Waals surface area contributed by atoms with Gasteiger partial charge in [0, 0.05) is 25.8 Å². The zero-order valence-electron chi connectivity index (χ0n) is 10.2. The molecule has 1 amide bonds. The second-order valence-electron chi connectivity index (χ2n) is 4.85. The monoisotopic (exact) mass is 226 g/mol. The minimum atomic E-state index is 0.0438. The predicted octanol–water partition coefficient (Wildman–Crippen LogP) is 0.622. The van der Waals surface area contributed by atoms with Crippen LogP contribution in [0.15, 0.2) is 0 Å². The molecule has 2 aliphatic heterocycles. The molecule has 16 heavy (non-hydrogen) atoms. The fourth-order valence-corrected chi connectivity index (χ4v) is 2.83. The van der Waals surface area contributed by atoms with Gasteiger partial charge >= 0.3 is 0 Å². The minimum absolute atomic E-state index is 0.0438. The second kappa shape index (κ2) is 5.15. The molecule has 0 aromatic carbocycles. The lowest BCUT2D eigenvalue weighted by Crippen LogP contribution is -2.44. The van der Waals surface area contributed by atoms with E-state index in [4.69, 9.17) is 4.74 Å². The van der Waals surface area contributed by atoms with Gasteiger partial charge in [-0.25, -0.2) is 0 Å². The molecule has 1 N–H and O–H groups in total. The Morgan fingerprint density at radius 1 is 1.38 bits per heavy atom. The predicted molar refractivity (Wildman–Crippen MR) is 62.2 cm³/mol. The molecule has 2 heterocycles. The normalized spacial score (nSPS) is 29.8. The van der Waals surface area contributed by atoms with Crippen molar-refractivity contribution in [2.24, 2.45) is 5.92 Å². The highest BCUT2D eigenvalue weighted by atomic mass is 16.5. The number of nitrogens with one attached hydrogen (secondary N) is 1. The molecule has 0 radical (unpaired) electrons. The maximum Gasteiger partial charge on any atom is 0.240 e. The molecule has 2 aliphatic rings. The molecule has 0 bridgehead atoms. The Kier molecular flexibility index (Phi) is 3.82. The molecular weight excluding hydrogens is 204 g/mol. The van der Waals surface area contributed by atoms with E-state index in [1.165, 1.54) is 0 Å². The Morgan fingerprint density at radius 3 is 2.62 bits per heavy atom. The van der Waals surface area contributed by atoms with Gasteiger partial charge in [0.15, 0.2) is 0 Å². The Morgan fingerprint density at radius 2 is 2.06 bits per heavy atom. The van der Waals surface area contributed by atoms with Crippen molar-refractivity contribution in [2.45, 2.75) is 38.3 Å². The van der Waals surface area contributed by atoms with Gasteiger partial charge in [0.1, 0.15) is 0 Å². The molecule has 0 aromatic heterocycles. The lowest BCUT2D eigenvalue weighted by molar-refractivity contribution is -0.132. The average Bonchev–Trinajstić information content (AvgIpc) is 2.70. The van der Waals surface area contributed by atoms with Gasteiger partial charge < -0.3 is 15.0 Å². The summed E-state index contributed by atoms with van der Waals surface area (Å²) in [5.74, 6) is 0.898. The Balaban J connectivity index is 1.94. The van der Waals surface area contributed by atoms with Crippen molar-refractivity contribution in [3.8, 4) is 0 Å². The molecular formula is C12H22N2O2. The van der Waals surface area contributed by atoms with Gasteiger partial charge in [-0.15, -0.1) is 0 Å². The lowest BCUT2D eigenvalue weighted by atomic mass is 9.92. The highest BCUT2D eigenvalue weighted by molar-refractivity contribution is 5.84. The van der Waals surface area contributed by atoms with Crippen molar-refractivity contribution in [3.05, 3.63) is 0 Å². The van der Waals surface area contributed by atoms with Crippen LogP contribution in [0.4, 0.5) is 0 Å². The van der Waals surface area contributed by atoms with Crippen molar-refractivity contribution in [1.82, 2.24) is 10.2 Å². The summed E-state index contributed by atoms with van der Waals surface area (Å²) in [6, 6.07) is 0.414. The number of hydrogen-bond acceptors (Lipinski definition) is 3. The van der Waals surface area contributed by atoms with E-state index >= 15 is 0 Å². The fourth-order valence-electron chi connectivity index (χ4n) is 2.83. The standard InChI is InChI=1S/C12H22N2O2/c1-9(10-4-7-16-8-5-10)14-6-3-11(13-2)12(14)15/h9-11,13H,3-8H2,1-2H3. The quantitative estimate of drug-likeness (QED) is 0.767. The molecule has 4 nitrogen and oxygen atoms in total. The average molecular weight is 226 g/mol. The summed E-state index contributed by atoms with van der Waals surface area (Å²) in [6.45, 7) is 4.80. The van der Waals surface area contributed by atoms with E-state index in [1.807, 2.05) is 7.05 Å². The third kappa shape index (κ3) is 2.23. The first kappa shape index (κ1) is 11.9. The van der Waals surface area contributed by atoms with Crippen LogP contribution in [-0.2, 0) is 9.53 Å². The van der Waals surface area contributed by atoms with E-state index in [1.54, 1.807) is 0 Å². The first-order valence-electron chi connectivity index (χ1n) is 6.29. The Bertz CT molecular complexity index is 251. The number of likely N-dealkylation sites (N-methyl/N-ethyl adjacent to an activating group) is 1. The molecule has 2 saturated heterocycles. The van der Waals surface area contributed by atoms with Gasteiger partial charge in [-0.1, -0.05) is 0 Å². The van der Waals surface area contributed by atoms with Crippen LogP contribution < -0.4 is 5.32 Å². The van der Waals surface area contributed by atoms with Crippen LogP contribution in [0.1, 0.15) is 26.2 Å².